The predicted molar refractivity (Wildman–Crippen MR) is 68.0 cm³/mol. The minimum atomic E-state index is -0.916. The second-order valence-electron chi connectivity index (χ2n) is 5.91. The smallest absolute Gasteiger partial charge is 0.407 e. The molecule has 0 aliphatic carbocycles. The SMILES string of the molecule is CN(C)CCC(C)(O)CNC(=O)OC(C)(C)C. The molecule has 5 nitrogen and oxygen atoms in total. The number of amides is 1. The Balaban J connectivity index is 3.96. The van der Waals surface area contributed by atoms with Crippen molar-refractivity contribution >= 4 is 6.09 Å². The standard InChI is InChI=1S/C12H26N2O3/c1-11(2,3)17-10(15)13-9-12(4,16)7-8-14(5)6/h16H,7-9H2,1-6H3,(H,13,15). The summed E-state index contributed by atoms with van der Waals surface area (Å²) in [5, 5.41) is 12.6. The predicted octanol–water partition coefficient (Wildman–Crippen LogP) is 1.21. The first-order valence-corrected chi connectivity index (χ1v) is 5.86. The van der Waals surface area contributed by atoms with Gasteiger partial charge in [-0.3, -0.25) is 0 Å². The van der Waals surface area contributed by atoms with Gasteiger partial charge in [-0.15, -0.1) is 0 Å². The van der Waals surface area contributed by atoms with Gasteiger partial charge in [-0.1, -0.05) is 0 Å². The molecule has 0 spiro atoms. The van der Waals surface area contributed by atoms with Gasteiger partial charge in [0.2, 0.25) is 0 Å². The van der Waals surface area contributed by atoms with Crippen LogP contribution in [0.4, 0.5) is 4.79 Å². The molecule has 1 atom stereocenters. The molecule has 0 aromatic heterocycles. The second-order valence-corrected chi connectivity index (χ2v) is 5.91. The quantitative estimate of drug-likeness (QED) is 0.765. The number of nitrogens with one attached hydrogen (secondary N) is 1. The van der Waals surface area contributed by atoms with Crippen molar-refractivity contribution in [1.29, 1.82) is 0 Å². The molecule has 0 aromatic rings. The van der Waals surface area contributed by atoms with E-state index in [1.54, 1.807) is 27.7 Å². The molecule has 2 N–H and O–H groups in total. The van der Waals surface area contributed by atoms with Crippen LogP contribution in [0.2, 0.25) is 0 Å². The molecule has 0 fully saturated rings. The van der Waals surface area contributed by atoms with Crippen LogP contribution in [0.15, 0.2) is 0 Å². The van der Waals surface area contributed by atoms with Crippen LogP contribution in [-0.4, -0.2) is 54.5 Å². The maximum Gasteiger partial charge on any atom is 0.407 e. The third-order valence-electron chi connectivity index (χ3n) is 2.11. The van der Waals surface area contributed by atoms with E-state index in [2.05, 4.69) is 5.32 Å². The van der Waals surface area contributed by atoms with Gasteiger partial charge in [-0.05, 0) is 48.2 Å². The van der Waals surface area contributed by atoms with Gasteiger partial charge in [-0.2, -0.15) is 0 Å². The fraction of sp³-hybridized carbons (Fsp3) is 0.917. The Bertz CT molecular complexity index is 245. The van der Waals surface area contributed by atoms with Gasteiger partial charge in [0, 0.05) is 13.1 Å². The lowest BCUT2D eigenvalue weighted by Gasteiger charge is -2.26. The normalized spacial score (nSPS) is 15.5. The number of ether oxygens (including phenoxy) is 1. The van der Waals surface area contributed by atoms with Crippen LogP contribution in [-0.2, 0) is 4.74 Å². The van der Waals surface area contributed by atoms with Crippen molar-refractivity contribution in [3.63, 3.8) is 0 Å². The average Bonchev–Trinajstić information content (AvgIpc) is 2.09. The summed E-state index contributed by atoms with van der Waals surface area (Å²) in [4.78, 5) is 13.4. The Morgan fingerprint density at radius 1 is 1.29 bits per heavy atom. The molecule has 0 heterocycles. The van der Waals surface area contributed by atoms with Crippen molar-refractivity contribution in [2.24, 2.45) is 0 Å². The summed E-state index contributed by atoms with van der Waals surface area (Å²) < 4.78 is 5.09. The number of hydrogen-bond donors (Lipinski definition) is 2. The Morgan fingerprint density at radius 3 is 2.24 bits per heavy atom. The Hall–Kier alpha value is -0.810. The fourth-order valence-corrected chi connectivity index (χ4v) is 1.13. The first kappa shape index (κ1) is 16.2. The highest BCUT2D eigenvalue weighted by Crippen LogP contribution is 2.10. The van der Waals surface area contributed by atoms with E-state index in [4.69, 9.17) is 4.74 Å². The van der Waals surface area contributed by atoms with Gasteiger partial charge < -0.3 is 20.1 Å². The Morgan fingerprint density at radius 2 is 1.82 bits per heavy atom. The molecule has 5 heteroatoms. The topological polar surface area (TPSA) is 61.8 Å². The number of carbonyl (C=O) groups is 1. The molecule has 0 radical (unpaired) electrons. The fourth-order valence-electron chi connectivity index (χ4n) is 1.13. The number of hydrogen-bond acceptors (Lipinski definition) is 4. The van der Waals surface area contributed by atoms with Crippen LogP contribution in [0, 0.1) is 0 Å². The first-order valence-electron chi connectivity index (χ1n) is 5.86. The maximum absolute atomic E-state index is 11.4. The van der Waals surface area contributed by atoms with Crippen LogP contribution in [0.1, 0.15) is 34.1 Å². The van der Waals surface area contributed by atoms with Crippen molar-refractivity contribution in [2.75, 3.05) is 27.2 Å². The molecule has 0 aromatic carbocycles. The van der Waals surface area contributed by atoms with Crippen LogP contribution < -0.4 is 5.32 Å². The van der Waals surface area contributed by atoms with Gasteiger partial charge in [0.15, 0.2) is 0 Å². The van der Waals surface area contributed by atoms with Crippen molar-refractivity contribution in [2.45, 2.75) is 45.3 Å². The molecule has 17 heavy (non-hydrogen) atoms. The maximum atomic E-state index is 11.4. The molecule has 1 amide bonds. The average molecular weight is 246 g/mol. The largest absolute Gasteiger partial charge is 0.444 e. The van der Waals surface area contributed by atoms with Crippen LogP contribution >= 0.6 is 0 Å². The zero-order valence-corrected chi connectivity index (χ0v) is 11.8. The van der Waals surface area contributed by atoms with Gasteiger partial charge in [0.05, 0.1) is 5.60 Å². The molecule has 0 saturated heterocycles. The van der Waals surface area contributed by atoms with Crippen LogP contribution in [0.3, 0.4) is 0 Å². The van der Waals surface area contributed by atoms with Gasteiger partial charge in [-0.25, -0.2) is 4.79 Å². The Kier molecular flexibility index (Phi) is 5.92. The zero-order valence-electron chi connectivity index (χ0n) is 11.8. The monoisotopic (exact) mass is 246 g/mol. The number of rotatable bonds is 5. The molecule has 1 unspecified atom stereocenters. The second kappa shape index (κ2) is 6.21. The molecule has 0 aliphatic heterocycles. The van der Waals surface area contributed by atoms with E-state index in [-0.39, 0.29) is 6.54 Å². The third kappa shape index (κ3) is 10.1. The number of nitrogens with zero attached hydrogens (tertiary/aromatic N) is 1. The molecule has 0 saturated carbocycles. The summed E-state index contributed by atoms with van der Waals surface area (Å²) in [6.07, 6.45) is 0.0955. The highest BCUT2D eigenvalue weighted by Gasteiger charge is 2.23. The molecule has 102 valence electrons. The zero-order chi connectivity index (χ0) is 13.7. The van der Waals surface area contributed by atoms with Gasteiger partial charge in [0.1, 0.15) is 5.60 Å². The number of aliphatic hydroxyl groups is 1. The number of alkyl carbamates (subject to hydrolysis) is 1. The summed E-state index contributed by atoms with van der Waals surface area (Å²) in [7, 11) is 3.88. The van der Waals surface area contributed by atoms with E-state index in [1.807, 2.05) is 19.0 Å². The summed E-state index contributed by atoms with van der Waals surface area (Å²) in [5.41, 5.74) is -1.43. The number of carbonyl (C=O) groups excluding carboxylic acids is 1. The minimum Gasteiger partial charge on any atom is -0.444 e. The lowest BCUT2D eigenvalue weighted by atomic mass is 10.0. The lowest BCUT2D eigenvalue weighted by Crippen LogP contribution is -2.44. The van der Waals surface area contributed by atoms with E-state index in [1.165, 1.54) is 0 Å². The highest BCUT2D eigenvalue weighted by molar-refractivity contribution is 5.67. The van der Waals surface area contributed by atoms with Crippen molar-refractivity contribution in [1.82, 2.24) is 10.2 Å². The Labute approximate surface area is 104 Å². The van der Waals surface area contributed by atoms with Crippen molar-refractivity contribution < 1.29 is 14.6 Å². The van der Waals surface area contributed by atoms with E-state index >= 15 is 0 Å². The molecule has 0 bridgehead atoms. The summed E-state index contributed by atoms with van der Waals surface area (Å²) in [6.45, 7) is 8.07. The first-order chi connectivity index (χ1) is 7.52. The van der Waals surface area contributed by atoms with Crippen LogP contribution in [0.5, 0.6) is 0 Å². The molecule has 0 rings (SSSR count). The molecular formula is C12H26N2O3. The van der Waals surface area contributed by atoms with Crippen molar-refractivity contribution in [3.05, 3.63) is 0 Å². The lowest BCUT2D eigenvalue weighted by molar-refractivity contribution is 0.0262. The minimum absolute atomic E-state index is 0.190. The molecule has 0 aliphatic rings. The summed E-state index contributed by atoms with van der Waals surface area (Å²) in [6, 6.07) is 0. The van der Waals surface area contributed by atoms with E-state index in [9.17, 15) is 9.90 Å². The summed E-state index contributed by atoms with van der Waals surface area (Å²) >= 11 is 0. The van der Waals surface area contributed by atoms with E-state index in [0.29, 0.717) is 6.42 Å². The van der Waals surface area contributed by atoms with Crippen LogP contribution in [0.25, 0.3) is 0 Å². The third-order valence-corrected chi connectivity index (χ3v) is 2.11. The van der Waals surface area contributed by atoms with E-state index < -0.39 is 17.3 Å². The van der Waals surface area contributed by atoms with Gasteiger partial charge in [0.25, 0.3) is 0 Å². The van der Waals surface area contributed by atoms with Crippen molar-refractivity contribution in [3.8, 4) is 0 Å². The van der Waals surface area contributed by atoms with E-state index in [0.717, 1.165) is 6.54 Å². The van der Waals surface area contributed by atoms with Gasteiger partial charge >= 0.3 is 6.09 Å². The highest BCUT2D eigenvalue weighted by atomic mass is 16.6. The molecular weight excluding hydrogens is 220 g/mol. The summed E-state index contributed by atoms with van der Waals surface area (Å²) in [5.74, 6) is 0.